The van der Waals surface area contributed by atoms with Gasteiger partial charge < -0.3 is 8.92 Å². The second-order valence-electron chi connectivity index (χ2n) is 4.30. The Morgan fingerprint density at radius 1 is 1.17 bits per heavy atom. The quantitative estimate of drug-likeness (QED) is 0.623. The van der Waals surface area contributed by atoms with Crippen molar-refractivity contribution in [3.8, 4) is 17.6 Å². The van der Waals surface area contributed by atoms with Crippen molar-refractivity contribution in [2.45, 2.75) is 11.8 Å². The van der Waals surface area contributed by atoms with Gasteiger partial charge in [-0.25, -0.2) is 0 Å². The third-order valence-corrected chi connectivity index (χ3v) is 5.56. The number of benzene rings is 2. The lowest BCUT2D eigenvalue weighted by Crippen LogP contribution is -2.12. The van der Waals surface area contributed by atoms with E-state index in [1.54, 1.807) is 25.1 Å². The zero-order chi connectivity index (χ0) is 17.0. The van der Waals surface area contributed by atoms with Gasteiger partial charge in [-0.3, -0.25) is 0 Å². The Labute approximate surface area is 151 Å². The van der Waals surface area contributed by atoms with Crippen molar-refractivity contribution < 1.29 is 17.3 Å². The number of ether oxygens (including phenoxy) is 1. The number of nitrogens with zero attached hydrogens (tertiary/aromatic N) is 1. The molecule has 0 aliphatic carbocycles. The van der Waals surface area contributed by atoms with Gasteiger partial charge in [0.1, 0.15) is 4.90 Å². The molecule has 0 aliphatic heterocycles. The molecule has 0 aliphatic rings. The van der Waals surface area contributed by atoms with Gasteiger partial charge in [0.25, 0.3) is 0 Å². The van der Waals surface area contributed by atoms with E-state index in [1.807, 2.05) is 6.07 Å². The summed E-state index contributed by atoms with van der Waals surface area (Å²) in [5.41, 5.74) is 0.325. The van der Waals surface area contributed by atoms with E-state index in [-0.39, 0.29) is 16.4 Å². The van der Waals surface area contributed by atoms with E-state index in [0.717, 1.165) is 0 Å². The van der Waals surface area contributed by atoms with E-state index in [2.05, 4.69) is 31.9 Å². The standard InChI is InChI=1S/C15H11Br2NO4S/c1-2-21-13-8-10(9-18)7-12(17)15(13)22-23(19,20)14-6-4-3-5-11(14)16/h3-8H,2H2,1H3. The predicted octanol–water partition coefficient (Wildman–Crippen LogP) is 4.25. The first-order chi connectivity index (χ1) is 10.9. The normalized spacial score (nSPS) is 10.9. The molecule has 2 aromatic carbocycles. The van der Waals surface area contributed by atoms with Gasteiger partial charge in [-0.05, 0) is 57.0 Å². The minimum absolute atomic E-state index is 0.00120. The van der Waals surface area contributed by atoms with Gasteiger partial charge in [0.2, 0.25) is 0 Å². The average molecular weight is 461 g/mol. The lowest BCUT2D eigenvalue weighted by atomic mass is 10.2. The molecule has 23 heavy (non-hydrogen) atoms. The molecular weight excluding hydrogens is 450 g/mol. The summed E-state index contributed by atoms with van der Waals surface area (Å²) in [4.78, 5) is -0.00120. The average Bonchev–Trinajstić information content (AvgIpc) is 2.50. The number of hydrogen-bond acceptors (Lipinski definition) is 5. The molecule has 0 amide bonds. The SMILES string of the molecule is CCOc1cc(C#N)cc(Br)c1OS(=O)(=O)c1ccccc1Br. The molecule has 0 atom stereocenters. The van der Waals surface area contributed by atoms with E-state index < -0.39 is 10.1 Å². The number of hydrogen-bond donors (Lipinski definition) is 0. The molecule has 0 bridgehead atoms. The Morgan fingerprint density at radius 2 is 1.87 bits per heavy atom. The molecule has 0 spiro atoms. The topological polar surface area (TPSA) is 76.4 Å². The van der Waals surface area contributed by atoms with Crippen molar-refractivity contribution in [3.05, 3.63) is 50.9 Å². The van der Waals surface area contributed by atoms with Gasteiger partial charge in [-0.2, -0.15) is 13.7 Å². The van der Waals surface area contributed by atoms with Crippen molar-refractivity contribution in [1.29, 1.82) is 5.26 Å². The largest absolute Gasteiger partial charge is 0.490 e. The molecule has 0 unspecified atom stereocenters. The third kappa shape index (κ3) is 4.05. The molecule has 0 saturated heterocycles. The lowest BCUT2D eigenvalue weighted by Gasteiger charge is -2.14. The zero-order valence-electron chi connectivity index (χ0n) is 11.9. The Kier molecular flexibility index (Phi) is 5.68. The minimum Gasteiger partial charge on any atom is -0.490 e. The van der Waals surface area contributed by atoms with Crippen LogP contribution in [0.1, 0.15) is 12.5 Å². The minimum atomic E-state index is -4.07. The van der Waals surface area contributed by atoms with Crippen LogP contribution in [0.15, 0.2) is 50.2 Å². The van der Waals surface area contributed by atoms with Crippen LogP contribution in [0, 0.1) is 11.3 Å². The maximum atomic E-state index is 12.5. The molecule has 2 aromatic rings. The Morgan fingerprint density at radius 3 is 2.48 bits per heavy atom. The molecule has 0 N–H and O–H groups in total. The van der Waals surface area contributed by atoms with E-state index in [4.69, 9.17) is 14.2 Å². The number of nitriles is 1. The van der Waals surface area contributed by atoms with Gasteiger partial charge >= 0.3 is 10.1 Å². The first-order valence-corrected chi connectivity index (χ1v) is 9.44. The van der Waals surface area contributed by atoms with Gasteiger partial charge in [-0.15, -0.1) is 0 Å². The van der Waals surface area contributed by atoms with Crippen LogP contribution < -0.4 is 8.92 Å². The molecular formula is C15H11Br2NO4S. The smallest absolute Gasteiger partial charge is 0.340 e. The highest BCUT2D eigenvalue weighted by atomic mass is 79.9. The van der Waals surface area contributed by atoms with Crippen LogP contribution in [0.5, 0.6) is 11.5 Å². The molecule has 0 aromatic heterocycles. The molecule has 0 fully saturated rings. The number of rotatable bonds is 5. The maximum absolute atomic E-state index is 12.5. The van der Waals surface area contributed by atoms with Gasteiger partial charge in [0.05, 0.1) is 22.7 Å². The molecule has 120 valence electrons. The van der Waals surface area contributed by atoms with Crippen LogP contribution >= 0.6 is 31.9 Å². The Hall–Kier alpha value is -1.56. The fourth-order valence-corrected chi connectivity index (χ4v) is 4.32. The summed E-state index contributed by atoms with van der Waals surface area (Å²) in [6, 6.07) is 11.2. The van der Waals surface area contributed by atoms with E-state index in [0.29, 0.717) is 21.1 Å². The highest BCUT2D eigenvalue weighted by Gasteiger charge is 2.24. The van der Waals surface area contributed by atoms with Crippen LogP contribution in [0.4, 0.5) is 0 Å². The van der Waals surface area contributed by atoms with Crippen LogP contribution in [0.25, 0.3) is 0 Å². The van der Waals surface area contributed by atoms with Crippen molar-refractivity contribution in [2.75, 3.05) is 6.61 Å². The molecule has 0 radical (unpaired) electrons. The van der Waals surface area contributed by atoms with Gasteiger partial charge in [0.15, 0.2) is 11.5 Å². The fraction of sp³-hybridized carbons (Fsp3) is 0.133. The van der Waals surface area contributed by atoms with E-state index in [9.17, 15) is 8.42 Å². The second-order valence-corrected chi connectivity index (χ2v) is 7.52. The monoisotopic (exact) mass is 459 g/mol. The Bertz CT molecular complexity index is 876. The highest BCUT2D eigenvalue weighted by Crippen LogP contribution is 2.39. The van der Waals surface area contributed by atoms with Crippen LogP contribution in [-0.4, -0.2) is 15.0 Å². The number of halogens is 2. The summed E-state index contributed by atoms with van der Waals surface area (Å²) in [6.07, 6.45) is 0. The summed E-state index contributed by atoms with van der Waals surface area (Å²) in [5.74, 6) is 0.177. The van der Waals surface area contributed by atoms with Crippen LogP contribution in [0.3, 0.4) is 0 Å². The summed E-state index contributed by atoms with van der Waals surface area (Å²) in [6.45, 7) is 2.05. The first kappa shape index (κ1) is 17.8. The zero-order valence-corrected chi connectivity index (χ0v) is 15.9. The van der Waals surface area contributed by atoms with Crippen molar-refractivity contribution in [1.82, 2.24) is 0 Å². The van der Waals surface area contributed by atoms with Crippen molar-refractivity contribution in [2.24, 2.45) is 0 Å². The molecule has 5 nitrogen and oxygen atoms in total. The lowest BCUT2D eigenvalue weighted by molar-refractivity contribution is 0.327. The maximum Gasteiger partial charge on any atom is 0.340 e. The molecule has 2 rings (SSSR count). The van der Waals surface area contributed by atoms with E-state index in [1.165, 1.54) is 18.2 Å². The second kappa shape index (κ2) is 7.34. The summed E-state index contributed by atoms with van der Waals surface area (Å²) in [7, 11) is -4.07. The highest BCUT2D eigenvalue weighted by molar-refractivity contribution is 9.10. The Balaban J connectivity index is 2.51. The van der Waals surface area contributed by atoms with Crippen LogP contribution in [0.2, 0.25) is 0 Å². The van der Waals surface area contributed by atoms with E-state index >= 15 is 0 Å². The summed E-state index contributed by atoms with van der Waals surface area (Å²) < 4.78 is 36.3. The van der Waals surface area contributed by atoms with Crippen LogP contribution in [-0.2, 0) is 10.1 Å². The molecule has 0 heterocycles. The summed E-state index contributed by atoms with van der Waals surface area (Å²) >= 11 is 6.41. The predicted molar refractivity (Wildman–Crippen MR) is 92.0 cm³/mol. The molecule has 8 heteroatoms. The summed E-state index contributed by atoms with van der Waals surface area (Å²) in [5, 5.41) is 9.00. The third-order valence-electron chi connectivity index (χ3n) is 2.74. The van der Waals surface area contributed by atoms with Gasteiger partial charge in [-0.1, -0.05) is 12.1 Å². The van der Waals surface area contributed by atoms with Crippen molar-refractivity contribution >= 4 is 42.0 Å². The first-order valence-electron chi connectivity index (χ1n) is 6.44. The fourth-order valence-electron chi connectivity index (χ4n) is 1.78. The molecule has 0 saturated carbocycles. The van der Waals surface area contributed by atoms with Gasteiger partial charge in [0, 0.05) is 10.5 Å². The van der Waals surface area contributed by atoms with Crippen molar-refractivity contribution in [3.63, 3.8) is 0 Å².